The molecule has 0 aliphatic rings. The fourth-order valence-corrected chi connectivity index (χ4v) is 3.01. The highest BCUT2D eigenvalue weighted by atomic mass is 15.3. The number of benzene rings is 1. The monoisotopic (exact) mass is 339 g/mol. The summed E-state index contributed by atoms with van der Waals surface area (Å²) in [6.07, 6.45) is 14.8. The van der Waals surface area contributed by atoms with Crippen LogP contribution in [0.4, 0.5) is 0 Å². The van der Waals surface area contributed by atoms with E-state index in [1.54, 1.807) is 14.1 Å². The van der Waals surface area contributed by atoms with Gasteiger partial charge in [0.05, 0.1) is 30.2 Å². The largest absolute Gasteiger partial charge is 0.325 e. The molecule has 24 heavy (non-hydrogen) atoms. The van der Waals surface area contributed by atoms with Gasteiger partial charge in [-0.25, -0.2) is 0 Å². The van der Waals surface area contributed by atoms with E-state index in [0.717, 1.165) is 19.3 Å². The lowest BCUT2D eigenvalue weighted by Crippen LogP contribution is -2.39. The molecule has 0 bridgehead atoms. The van der Waals surface area contributed by atoms with E-state index in [-0.39, 0.29) is 10.0 Å². The minimum atomic E-state index is -2.08. The third-order valence-electron chi connectivity index (χ3n) is 4.49. The van der Waals surface area contributed by atoms with Crippen molar-refractivity contribution in [2.45, 2.75) is 90.5 Å². The Hall–Kier alpha value is -0.820. The molecule has 0 N–H and O–H groups in total. The zero-order valence-corrected chi connectivity index (χ0v) is 16.1. The molecule has 0 saturated carbocycles. The third kappa shape index (κ3) is 11.7. The van der Waals surface area contributed by atoms with Gasteiger partial charge in [-0.3, -0.25) is 0 Å². The van der Waals surface area contributed by atoms with Crippen molar-refractivity contribution in [2.24, 2.45) is 0 Å². The number of hydrogen-bond acceptors (Lipinski definition) is 0. The predicted octanol–water partition coefficient (Wildman–Crippen LogP) is 6.96. The molecule has 0 aromatic heterocycles. The zero-order valence-electron chi connectivity index (χ0n) is 23.1. The average molecular weight is 340 g/mol. The Bertz CT molecular complexity index is 660. The first kappa shape index (κ1) is 12.5. The standard InChI is InChI=1S/C23H42N/c1-4-5-6-7-8-9-10-11-12-13-14-18-21-24(2,3)22-23-19-16-15-17-20-23/h15-17,19-20H,4-14,18,21-22H2,1-3H3/q+1/i15D,16D,17D,19D,20D,22D2. The number of rotatable bonds is 15. The van der Waals surface area contributed by atoms with Gasteiger partial charge in [-0.15, -0.1) is 0 Å². The van der Waals surface area contributed by atoms with E-state index in [1.807, 2.05) is 0 Å². The van der Waals surface area contributed by atoms with Gasteiger partial charge in [-0.1, -0.05) is 101 Å². The fourth-order valence-electron chi connectivity index (χ4n) is 3.01. The molecule has 0 saturated heterocycles. The molecule has 0 amide bonds. The molecule has 0 radical (unpaired) electrons. The van der Waals surface area contributed by atoms with E-state index in [0.29, 0.717) is 6.54 Å². The van der Waals surface area contributed by atoms with Crippen LogP contribution in [0.5, 0.6) is 0 Å². The van der Waals surface area contributed by atoms with E-state index in [9.17, 15) is 0 Å². The molecule has 1 nitrogen and oxygen atoms in total. The number of quaternary nitrogens is 1. The summed E-state index contributed by atoms with van der Waals surface area (Å²) in [7, 11) is 3.47. The molecule has 1 aromatic rings. The van der Waals surface area contributed by atoms with Crippen molar-refractivity contribution >= 4 is 0 Å². The van der Waals surface area contributed by atoms with Crippen LogP contribution in [0.2, 0.25) is 0 Å². The molecule has 0 aliphatic heterocycles. The lowest BCUT2D eigenvalue weighted by Gasteiger charge is -2.30. The summed E-state index contributed by atoms with van der Waals surface area (Å²) in [4.78, 5) is 0. The molecule has 0 fully saturated rings. The van der Waals surface area contributed by atoms with Gasteiger partial charge >= 0.3 is 0 Å². The lowest BCUT2D eigenvalue weighted by atomic mass is 10.1. The van der Waals surface area contributed by atoms with Gasteiger partial charge in [0.25, 0.3) is 0 Å². The van der Waals surface area contributed by atoms with Crippen molar-refractivity contribution in [2.75, 3.05) is 20.6 Å². The maximum Gasteiger partial charge on any atom is 0.104 e. The van der Waals surface area contributed by atoms with Crippen molar-refractivity contribution in [1.82, 2.24) is 0 Å². The fraction of sp³-hybridized carbons (Fsp3) is 0.739. The smallest absolute Gasteiger partial charge is 0.104 e. The topological polar surface area (TPSA) is 0 Å². The SMILES string of the molecule is [2H]c1c([2H])c([2H])c(C([2H])([2H])[N+](C)(C)CCCCCCCCCCCCCC)c([2H])c1[2H]. The van der Waals surface area contributed by atoms with Crippen LogP contribution >= 0.6 is 0 Å². The summed E-state index contributed by atoms with van der Waals surface area (Å²) < 4.78 is 56.9. The highest BCUT2D eigenvalue weighted by Gasteiger charge is 2.14. The predicted molar refractivity (Wildman–Crippen MR) is 108 cm³/mol. The first-order valence-corrected chi connectivity index (χ1v) is 9.89. The Labute approximate surface area is 161 Å². The van der Waals surface area contributed by atoms with E-state index >= 15 is 0 Å². The minimum absolute atomic E-state index is 0.0707. The van der Waals surface area contributed by atoms with Crippen molar-refractivity contribution in [1.29, 1.82) is 0 Å². The first-order chi connectivity index (χ1) is 14.5. The highest BCUT2D eigenvalue weighted by molar-refractivity contribution is 5.13. The molecule has 0 atom stereocenters. The van der Waals surface area contributed by atoms with Crippen LogP contribution in [0.25, 0.3) is 0 Å². The summed E-state index contributed by atoms with van der Waals surface area (Å²) in [6.45, 7) is 0.710. The van der Waals surface area contributed by atoms with Gasteiger partial charge in [-0.2, -0.15) is 0 Å². The average Bonchev–Trinajstić information content (AvgIpc) is 2.71. The van der Waals surface area contributed by atoms with E-state index in [2.05, 4.69) is 6.92 Å². The Kier molecular flexibility index (Phi) is 7.03. The van der Waals surface area contributed by atoms with Crippen molar-refractivity contribution < 1.29 is 14.1 Å². The van der Waals surface area contributed by atoms with Gasteiger partial charge in [-0.05, 0) is 12.8 Å². The van der Waals surface area contributed by atoms with Crippen LogP contribution in [-0.2, 0) is 6.50 Å². The molecule has 138 valence electrons. The maximum atomic E-state index is 8.64. The van der Waals surface area contributed by atoms with E-state index < -0.39 is 36.7 Å². The normalized spacial score (nSPS) is 16.5. The van der Waals surface area contributed by atoms with Gasteiger partial charge in [0.15, 0.2) is 0 Å². The molecule has 0 aliphatic carbocycles. The van der Waals surface area contributed by atoms with Gasteiger partial charge in [0, 0.05) is 5.56 Å². The lowest BCUT2D eigenvalue weighted by molar-refractivity contribution is -0.903. The molecule has 0 spiro atoms. The second-order valence-electron chi connectivity index (χ2n) is 7.41. The Morgan fingerprint density at radius 2 is 1.21 bits per heavy atom. The minimum Gasteiger partial charge on any atom is -0.325 e. The molecule has 1 rings (SSSR count). The van der Waals surface area contributed by atoms with Gasteiger partial charge in [0.1, 0.15) is 6.50 Å². The van der Waals surface area contributed by atoms with Crippen molar-refractivity contribution in [3.8, 4) is 0 Å². The first-order valence-electron chi connectivity index (χ1n) is 13.4. The molecule has 1 heteroatoms. The van der Waals surface area contributed by atoms with Crippen LogP contribution in [-0.4, -0.2) is 25.1 Å². The summed E-state index contributed by atoms with van der Waals surface area (Å²) in [5, 5.41) is 0. The number of hydrogen-bond donors (Lipinski definition) is 0. The molecule has 0 unspecified atom stereocenters. The summed E-state index contributed by atoms with van der Waals surface area (Å²) >= 11 is 0. The van der Waals surface area contributed by atoms with Crippen LogP contribution in [0.1, 0.15) is 99.1 Å². The Balaban J connectivity index is 2.49. The Morgan fingerprint density at radius 1 is 0.750 bits per heavy atom. The van der Waals surface area contributed by atoms with E-state index in [1.165, 1.54) is 57.8 Å². The third-order valence-corrected chi connectivity index (χ3v) is 4.49. The molecule has 1 aromatic carbocycles. The maximum absolute atomic E-state index is 8.64. The van der Waals surface area contributed by atoms with Crippen LogP contribution in [0, 0.1) is 0 Å². The quantitative estimate of drug-likeness (QED) is 0.239. The summed E-state index contributed by atoms with van der Waals surface area (Å²) in [5.74, 6) is 0. The van der Waals surface area contributed by atoms with Crippen LogP contribution in [0.3, 0.4) is 0 Å². The Morgan fingerprint density at radius 3 is 1.71 bits per heavy atom. The van der Waals surface area contributed by atoms with Gasteiger partial charge < -0.3 is 4.48 Å². The second-order valence-corrected chi connectivity index (χ2v) is 7.41. The second kappa shape index (κ2) is 13.5. The molecule has 0 heterocycles. The van der Waals surface area contributed by atoms with E-state index in [4.69, 9.17) is 9.60 Å². The zero-order chi connectivity index (χ0) is 23.7. The number of nitrogens with zero attached hydrogens (tertiary/aromatic N) is 1. The van der Waals surface area contributed by atoms with Crippen LogP contribution < -0.4 is 0 Å². The molecular formula is C23H42N+. The van der Waals surface area contributed by atoms with Crippen molar-refractivity contribution in [3.05, 3.63) is 35.8 Å². The highest BCUT2D eigenvalue weighted by Crippen LogP contribution is 2.14. The van der Waals surface area contributed by atoms with Crippen LogP contribution in [0.15, 0.2) is 30.2 Å². The summed E-state index contributed by atoms with van der Waals surface area (Å²) in [6, 6.07) is -2.34. The molecular weight excluding hydrogens is 290 g/mol. The van der Waals surface area contributed by atoms with Gasteiger partial charge in [0.2, 0.25) is 0 Å². The number of unbranched alkanes of at least 4 members (excludes halogenated alkanes) is 11. The summed E-state index contributed by atoms with van der Waals surface area (Å²) in [5.41, 5.74) is -0.248. The van der Waals surface area contributed by atoms with Crippen molar-refractivity contribution in [3.63, 3.8) is 0 Å².